The molecule has 2 heterocycles. The Labute approximate surface area is 154 Å². The maximum Gasteiger partial charge on any atom is 0.210 e. The third-order valence-electron chi connectivity index (χ3n) is 4.21. The number of nitrogens with zero attached hydrogens (tertiary/aromatic N) is 4. The van der Waals surface area contributed by atoms with Gasteiger partial charge in [0.25, 0.3) is 0 Å². The van der Waals surface area contributed by atoms with Gasteiger partial charge in [-0.25, -0.2) is 4.99 Å². The van der Waals surface area contributed by atoms with Crippen LogP contribution in [0.2, 0.25) is 0 Å². The van der Waals surface area contributed by atoms with Crippen molar-refractivity contribution in [2.75, 3.05) is 7.11 Å². The molecule has 0 radical (unpaired) electrons. The molecule has 0 fully saturated rings. The fourth-order valence-corrected chi connectivity index (χ4v) is 3.64. The van der Waals surface area contributed by atoms with Crippen LogP contribution in [-0.2, 0) is 7.05 Å². The van der Waals surface area contributed by atoms with Crippen LogP contribution in [0.1, 0.15) is 11.1 Å². The first-order valence-electron chi connectivity index (χ1n) is 8.02. The lowest BCUT2D eigenvalue weighted by Crippen LogP contribution is -2.11. The van der Waals surface area contributed by atoms with Gasteiger partial charge in [0.05, 0.1) is 12.8 Å². The van der Waals surface area contributed by atoms with Crippen molar-refractivity contribution in [3.05, 3.63) is 69.8 Å². The molecule has 7 heteroatoms. The molecule has 0 spiro atoms. The van der Waals surface area contributed by atoms with Crippen LogP contribution in [0.3, 0.4) is 0 Å². The predicted octanol–water partition coefficient (Wildman–Crippen LogP) is 2.74. The fourth-order valence-electron chi connectivity index (χ4n) is 2.79. The second-order valence-electron chi connectivity index (χ2n) is 5.76. The standard InChI is InChI=1S/C19H17N5OS/c1-24-16(12-7-9-13(25-2)10-8-12)11-26-19(24)23-22-18-15-6-4-3-5-14(15)17(20)21-18/h3-11H,1-2H3,(H2,20,21,22)/b23-19-. The van der Waals surface area contributed by atoms with Gasteiger partial charge in [0.1, 0.15) is 11.6 Å². The van der Waals surface area contributed by atoms with Gasteiger partial charge in [-0.05, 0) is 29.8 Å². The summed E-state index contributed by atoms with van der Waals surface area (Å²) in [6.07, 6.45) is 0. The van der Waals surface area contributed by atoms with Crippen molar-refractivity contribution in [1.29, 1.82) is 0 Å². The van der Waals surface area contributed by atoms with E-state index < -0.39 is 0 Å². The highest BCUT2D eigenvalue weighted by atomic mass is 32.1. The molecule has 4 rings (SSSR count). The lowest BCUT2D eigenvalue weighted by Gasteiger charge is -2.04. The Morgan fingerprint density at radius 3 is 2.50 bits per heavy atom. The molecule has 2 N–H and O–H groups in total. The number of hydrogen-bond acceptors (Lipinski definition) is 5. The number of benzene rings is 2. The van der Waals surface area contributed by atoms with E-state index in [9.17, 15) is 0 Å². The second-order valence-corrected chi connectivity index (χ2v) is 6.59. The Morgan fingerprint density at radius 1 is 1.04 bits per heavy atom. The third-order valence-corrected chi connectivity index (χ3v) is 5.12. The van der Waals surface area contributed by atoms with E-state index in [1.54, 1.807) is 7.11 Å². The number of amidine groups is 2. The summed E-state index contributed by atoms with van der Waals surface area (Å²) in [4.78, 5) is 5.10. The average Bonchev–Trinajstić information content (AvgIpc) is 3.20. The minimum absolute atomic E-state index is 0.476. The van der Waals surface area contributed by atoms with Gasteiger partial charge in [-0.1, -0.05) is 24.3 Å². The third kappa shape index (κ3) is 2.82. The molecule has 0 bridgehead atoms. The van der Waals surface area contributed by atoms with Crippen LogP contribution in [0.25, 0.3) is 11.3 Å². The Hall–Kier alpha value is -3.19. The highest BCUT2D eigenvalue weighted by molar-refractivity contribution is 7.07. The van der Waals surface area contributed by atoms with E-state index in [0.29, 0.717) is 11.7 Å². The van der Waals surface area contributed by atoms with E-state index in [1.807, 2.05) is 60.1 Å². The van der Waals surface area contributed by atoms with Crippen LogP contribution < -0.4 is 15.3 Å². The van der Waals surface area contributed by atoms with Crippen molar-refractivity contribution >= 4 is 23.0 Å². The van der Waals surface area contributed by atoms with Gasteiger partial charge in [-0.3, -0.25) is 0 Å². The van der Waals surface area contributed by atoms with Gasteiger partial charge in [0.2, 0.25) is 4.80 Å². The molecule has 0 atom stereocenters. The molecule has 2 aromatic carbocycles. The second kappa shape index (κ2) is 6.61. The van der Waals surface area contributed by atoms with Crippen LogP contribution in [-0.4, -0.2) is 23.3 Å². The number of aliphatic imine (C=N–C) groups is 1. The van der Waals surface area contributed by atoms with Crippen LogP contribution in [0, 0.1) is 0 Å². The lowest BCUT2D eigenvalue weighted by molar-refractivity contribution is 0.415. The number of ether oxygens (including phenoxy) is 1. The highest BCUT2D eigenvalue weighted by Crippen LogP contribution is 2.22. The van der Waals surface area contributed by atoms with Crippen LogP contribution in [0.4, 0.5) is 0 Å². The number of thiazole rings is 1. The summed E-state index contributed by atoms with van der Waals surface area (Å²) in [5.41, 5.74) is 9.91. The van der Waals surface area contributed by atoms with Gasteiger partial charge in [-0.2, -0.15) is 0 Å². The summed E-state index contributed by atoms with van der Waals surface area (Å²) in [7, 11) is 3.63. The first kappa shape index (κ1) is 16.3. The maximum absolute atomic E-state index is 5.95. The lowest BCUT2D eigenvalue weighted by atomic mass is 10.1. The summed E-state index contributed by atoms with van der Waals surface area (Å²) in [5, 5.41) is 10.8. The zero-order chi connectivity index (χ0) is 18.1. The Kier molecular flexibility index (Phi) is 4.14. The molecular formula is C19H17N5OS. The van der Waals surface area contributed by atoms with E-state index in [2.05, 4.69) is 20.6 Å². The molecule has 130 valence electrons. The summed E-state index contributed by atoms with van der Waals surface area (Å²) in [5.74, 6) is 1.85. The molecule has 0 saturated heterocycles. The number of nitrogens with two attached hydrogens (primary N) is 1. The molecule has 1 aliphatic heterocycles. The number of rotatable bonds is 3. The number of methoxy groups -OCH3 is 1. The normalized spacial score (nSPS) is 15.2. The van der Waals surface area contributed by atoms with E-state index in [0.717, 1.165) is 32.9 Å². The maximum atomic E-state index is 5.95. The van der Waals surface area contributed by atoms with Crippen molar-refractivity contribution in [3.63, 3.8) is 0 Å². The minimum Gasteiger partial charge on any atom is -0.497 e. The van der Waals surface area contributed by atoms with Crippen molar-refractivity contribution < 1.29 is 4.74 Å². The first-order valence-corrected chi connectivity index (χ1v) is 8.90. The molecule has 1 aliphatic rings. The predicted molar refractivity (Wildman–Crippen MR) is 105 cm³/mol. The van der Waals surface area contributed by atoms with Crippen LogP contribution in [0.15, 0.2) is 69.1 Å². The molecule has 0 amide bonds. The smallest absolute Gasteiger partial charge is 0.210 e. The van der Waals surface area contributed by atoms with Gasteiger partial charge in [0, 0.05) is 23.6 Å². The van der Waals surface area contributed by atoms with Crippen molar-refractivity contribution in [2.24, 2.45) is 28.0 Å². The SMILES string of the molecule is COc1ccc(-c2cs/c(=N\N=C3/N=C(N)c4ccccc43)n2C)cc1. The molecule has 0 unspecified atom stereocenters. The van der Waals surface area contributed by atoms with Gasteiger partial charge >= 0.3 is 0 Å². The van der Waals surface area contributed by atoms with Gasteiger partial charge < -0.3 is 15.0 Å². The van der Waals surface area contributed by atoms with Crippen molar-refractivity contribution in [2.45, 2.75) is 0 Å². The fraction of sp³-hybridized carbons (Fsp3) is 0.105. The van der Waals surface area contributed by atoms with Gasteiger partial charge in [-0.15, -0.1) is 21.5 Å². The summed E-state index contributed by atoms with van der Waals surface area (Å²) in [6.45, 7) is 0. The van der Waals surface area contributed by atoms with Gasteiger partial charge in [0.15, 0.2) is 5.84 Å². The van der Waals surface area contributed by atoms with Crippen molar-refractivity contribution in [1.82, 2.24) is 4.57 Å². The quantitative estimate of drug-likeness (QED) is 0.727. The topological polar surface area (TPSA) is 77.3 Å². The minimum atomic E-state index is 0.476. The first-order chi connectivity index (χ1) is 12.7. The summed E-state index contributed by atoms with van der Waals surface area (Å²) < 4.78 is 7.21. The molecule has 0 saturated carbocycles. The Bertz CT molecular complexity index is 1090. The molecule has 1 aromatic heterocycles. The summed E-state index contributed by atoms with van der Waals surface area (Å²) in [6, 6.07) is 15.7. The Balaban J connectivity index is 1.70. The van der Waals surface area contributed by atoms with Crippen molar-refractivity contribution in [3.8, 4) is 17.0 Å². The van der Waals surface area contributed by atoms with E-state index in [1.165, 1.54) is 11.3 Å². The summed E-state index contributed by atoms with van der Waals surface area (Å²) >= 11 is 1.52. The molecule has 6 nitrogen and oxygen atoms in total. The van der Waals surface area contributed by atoms with E-state index in [4.69, 9.17) is 10.5 Å². The molecule has 26 heavy (non-hydrogen) atoms. The zero-order valence-electron chi connectivity index (χ0n) is 14.4. The van der Waals surface area contributed by atoms with Crippen LogP contribution in [0.5, 0.6) is 5.75 Å². The van der Waals surface area contributed by atoms with E-state index in [-0.39, 0.29) is 0 Å². The molecule has 0 aliphatic carbocycles. The largest absolute Gasteiger partial charge is 0.497 e. The number of fused-ring (bicyclic) bond motifs is 1. The number of aromatic nitrogens is 1. The Morgan fingerprint density at radius 2 is 1.77 bits per heavy atom. The van der Waals surface area contributed by atoms with Crippen LogP contribution >= 0.6 is 11.3 Å². The average molecular weight is 363 g/mol. The monoisotopic (exact) mass is 363 g/mol. The zero-order valence-corrected chi connectivity index (χ0v) is 15.2. The molecule has 3 aromatic rings. The number of hydrogen-bond donors (Lipinski definition) is 1. The van der Waals surface area contributed by atoms with E-state index >= 15 is 0 Å². The highest BCUT2D eigenvalue weighted by Gasteiger charge is 2.18. The molecular weight excluding hydrogens is 346 g/mol.